The summed E-state index contributed by atoms with van der Waals surface area (Å²) in [6.07, 6.45) is 0.454. The number of carbonyl (C=O) groups is 1. The minimum Gasteiger partial charge on any atom is -0.480 e. The van der Waals surface area contributed by atoms with Gasteiger partial charge in [-0.2, -0.15) is 0 Å². The summed E-state index contributed by atoms with van der Waals surface area (Å²) < 4.78 is 0. The van der Waals surface area contributed by atoms with Gasteiger partial charge < -0.3 is 15.7 Å². The molecule has 4 nitrogen and oxygen atoms in total. The van der Waals surface area contributed by atoms with E-state index in [1.54, 1.807) is 6.92 Å². The van der Waals surface area contributed by atoms with Crippen LogP contribution in [0.1, 0.15) is 41.0 Å². The molecule has 16 heavy (non-hydrogen) atoms. The van der Waals surface area contributed by atoms with Gasteiger partial charge in [0.15, 0.2) is 0 Å². The Morgan fingerprint density at radius 3 is 2.12 bits per heavy atom. The van der Waals surface area contributed by atoms with Crippen LogP contribution in [0.3, 0.4) is 0 Å². The van der Waals surface area contributed by atoms with E-state index >= 15 is 0 Å². The Morgan fingerprint density at radius 2 is 1.81 bits per heavy atom. The molecule has 0 saturated heterocycles. The van der Waals surface area contributed by atoms with Gasteiger partial charge >= 0.3 is 5.97 Å². The SMILES string of the molecule is CC(C)C(C)N(C)C(C)CC(C)(N)C(=O)O. The maximum atomic E-state index is 10.9. The Balaban J connectivity index is 4.47. The lowest BCUT2D eigenvalue weighted by molar-refractivity contribution is -0.143. The first-order valence-electron chi connectivity index (χ1n) is 5.83. The number of aliphatic carboxylic acids is 1. The van der Waals surface area contributed by atoms with Crippen LogP contribution >= 0.6 is 0 Å². The lowest BCUT2D eigenvalue weighted by Gasteiger charge is -2.36. The summed E-state index contributed by atoms with van der Waals surface area (Å²) in [5.41, 5.74) is 4.60. The molecule has 0 heterocycles. The van der Waals surface area contributed by atoms with E-state index in [0.717, 1.165) is 0 Å². The van der Waals surface area contributed by atoms with Gasteiger partial charge in [-0.15, -0.1) is 0 Å². The molecule has 3 unspecified atom stereocenters. The van der Waals surface area contributed by atoms with Crippen LogP contribution in [-0.4, -0.2) is 40.6 Å². The molecular weight excluding hydrogens is 204 g/mol. The predicted octanol–water partition coefficient (Wildman–Crippen LogP) is 1.54. The number of hydrogen-bond donors (Lipinski definition) is 2. The highest BCUT2D eigenvalue weighted by atomic mass is 16.4. The zero-order chi connectivity index (χ0) is 13.1. The van der Waals surface area contributed by atoms with Gasteiger partial charge in [-0.3, -0.25) is 4.79 Å². The third kappa shape index (κ3) is 4.10. The fraction of sp³-hybridized carbons (Fsp3) is 0.917. The Hall–Kier alpha value is -0.610. The van der Waals surface area contributed by atoms with Gasteiger partial charge in [0, 0.05) is 12.1 Å². The number of carboxylic acids is 1. The average Bonchev–Trinajstić information content (AvgIpc) is 2.14. The second-order valence-electron chi connectivity index (χ2n) is 5.43. The van der Waals surface area contributed by atoms with Crippen LogP contribution in [0.4, 0.5) is 0 Å². The van der Waals surface area contributed by atoms with Crippen LogP contribution in [0.2, 0.25) is 0 Å². The Labute approximate surface area is 98.8 Å². The molecule has 3 atom stereocenters. The van der Waals surface area contributed by atoms with Gasteiger partial charge in [0.05, 0.1) is 0 Å². The van der Waals surface area contributed by atoms with E-state index in [2.05, 4.69) is 25.7 Å². The number of nitrogens with zero attached hydrogens (tertiary/aromatic N) is 1. The topological polar surface area (TPSA) is 66.6 Å². The summed E-state index contributed by atoms with van der Waals surface area (Å²) in [5.74, 6) is -0.397. The minimum absolute atomic E-state index is 0.156. The third-order valence-electron chi connectivity index (χ3n) is 3.51. The van der Waals surface area contributed by atoms with E-state index in [-0.39, 0.29) is 6.04 Å². The lowest BCUT2D eigenvalue weighted by atomic mass is 9.93. The van der Waals surface area contributed by atoms with Crippen molar-refractivity contribution in [3.05, 3.63) is 0 Å². The van der Waals surface area contributed by atoms with E-state index in [1.807, 2.05) is 14.0 Å². The van der Waals surface area contributed by atoms with E-state index in [9.17, 15) is 4.79 Å². The maximum absolute atomic E-state index is 10.9. The normalized spacial score (nSPS) is 19.6. The van der Waals surface area contributed by atoms with Crippen LogP contribution in [0.25, 0.3) is 0 Å². The summed E-state index contributed by atoms with van der Waals surface area (Å²) in [4.78, 5) is 13.1. The Bertz CT molecular complexity index is 239. The van der Waals surface area contributed by atoms with Crippen LogP contribution in [-0.2, 0) is 4.79 Å². The molecule has 0 saturated carbocycles. The van der Waals surface area contributed by atoms with Gasteiger partial charge in [-0.25, -0.2) is 0 Å². The fourth-order valence-corrected chi connectivity index (χ4v) is 1.72. The van der Waals surface area contributed by atoms with Crippen molar-refractivity contribution in [2.24, 2.45) is 11.7 Å². The molecule has 96 valence electrons. The van der Waals surface area contributed by atoms with Crippen molar-refractivity contribution in [3.8, 4) is 0 Å². The highest BCUT2D eigenvalue weighted by Gasteiger charge is 2.32. The van der Waals surface area contributed by atoms with Crippen LogP contribution in [0.5, 0.6) is 0 Å². The van der Waals surface area contributed by atoms with Crippen molar-refractivity contribution in [2.75, 3.05) is 7.05 Å². The highest BCUT2D eigenvalue weighted by molar-refractivity contribution is 5.77. The number of hydrogen-bond acceptors (Lipinski definition) is 3. The maximum Gasteiger partial charge on any atom is 0.323 e. The molecule has 0 spiro atoms. The number of rotatable bonds is 6. The molecule has 0 aliphatic heterocycles. The first kappa shape index (κ1) is 15.4. The van der Waals surface area contributed by atoms with Gasteiger partial charge in [-0.1, -0.05) is 13.8 Å². The van der Waals surface area contributed by atoms with Crippen molar-refractivity contribution in [3.63, 3.8) is 0 Å². The molecule has 0 aromatic carbocycles. The van der Waals surface area contributed by atoms with E-state index in [0.29, 0.717) is 18.4 Å². The van der Waals surface area contributed by atoms with Crippen molar-refractivity contribution < 1.29 is 9.90 Å². The Kier molecular flexibility index (Phi) is 5.42. The summed E-state index contributed by atoms with van der Waals surface area (Å²) in [5, 5.41) is 8.98. The molecule has 4 heteroatoms. The van der Waals surface area contributed by atoms with Gasteiger partial charge in [0.2, 0.25) is 0 Å². The standard InChI is InChI=1S/C12H26N2O2/c1-8(2)10(4)14(6)9(3)7-12(5,13)11(15)16/h8-10H,7,13H2,1-6H3,(H,15,16). The fourth-order valence-electron chi connectivity index (χ4n) is 1.72. The van der Waals surface area contributed by atoms with Crippen molar-refractivity contribution in [1.82, 2.24) is 4.90 Å². The zero-order valence-corrected chi connectivity index (χ0v) is 11.3. The number of nitrogens with two attached hydrogens (primary N) is 1. The van der Waals surface area contributed by atoms with E-state index in [4.69, 9.17) is 10.8 Å². The van der Waals surface area contributed by atoms with E-state index < -0.39 is 11.5 Å². The highest BCUT2D eigenvalue weighted by Crippen LogP contribution is 2.18. The molecule has 0 radical (unpaired) electrons. The lowest BCUT2D eigenvalue weighted by Crippen LogP contribution is -2.51. The summed E-state index contributed by atoms with van der Waals surface area (Å²) in [6.45, 7) is 10.1. The molecule has 0 rings (SSSR count). The zero-order valence-electron chi connectivity index (χ0n) is 11.3. The number of carboxylic acid groups (broad SMARTS) is 1. The molecule has 0 aliphatic carbocycles. The van der Waals surface area contributed by atoms with E-state index in [1.165, 1.54) is 0 Å². The first-order valence-corrected chi connectivity index (χ1v) is 5.83. The van der Waals surface area contributed by atoms with Crippen molar-refractivity contribution in [2.45, 2.75) is 58.7 Å². The van der Waals surface area contributed by atoms with Crippen LogP contribution in [0, 0.1) is 5.92 Å². The third-order valence-corrected chi connectivity index (χ3v) is 3.51. The second kappa shape index (κ2) is 5.64. The predicted molar refractivity (Wildman–Crippen MR) is 66.4 cm³/mol. The quantitative estimate of drug-likeness (QED) is 0.726. The van der Waals surface area contributed by atoms with Gasteiger partial charge in [-0.05, 0) is 40.2 Å². The molecular formula is C12H26N2O2. The summed E-state index contributed by atoms with van der Waals surface area (Å²) >= 11 is 0. The van der Waals surface area contributed by atoms with Crippen LogP contribution < -0.4 is 5.73 Å². The molecule has 0 aliphatic rings. The first-order chi connectivity index (χ1) is 7.09. The minimum atomic E-state index is -1.15. The summed E-state index contributed by atoms with van der Waals surface area (Å²) in [6, 6.07) is 0.572. The second-order valence-corrected chi connectivity index (χ2v) is 5.43. The molecule has 0 fully saturated rings. The molecule has 0 aromatic rings. The Morgan fingerprint density at radius 1 is 1.38 bits per heavy atom. The smallest absolute Gasteiger partial charge is 0.323 e. The van der Waals surface area contributed by atoms with Crippen molar-refractivity contribution >= 4 is 5.97 Å². The largest absolute Gasteiger partial charge is 0.480 e. The van der Waals surface area contributed by atoms with Crippen molar-refractivity contribution in [1.29, 1.82) is 0 Å². The average molecular weight is 230 g/mol. The van der Waals surface area contributed by atoms with Gasteiger partial charge in [0.25, 0.3) is 0 Å². The molecule has 0 aromatic heterocycles. The van der Waals surface area contributed by atoms with Gasteiger partial charge in [0.1, 0.15) is 5.54 Å². The van der Waals surface area contributed by atoms with Crippen LogP contribution in [0.15, 0.2) is 0 Å². The molecule has 0 bridgehead atoms. The summed E-state index contributed by atoms with van der Waals surface area (Å²) in [7, 11) is 2.02. The molecule has 0 amide bonds. The monoisotopic (exact) mass is 230 g/mol. The molecule has 3 N–H and O–H groups in total.